The van der Waals surface area contributed by atoms with Crippen molar-refractivity contribution in [1.82, 2.24) is 9.97 Å². The topological polar surface area (TPSA) is 135 Å². The van der Waals surface area contributed by atoms with Crippen molar-refractivity contribution in [2.75, 3.05) is 13.7 Å². The second-order valence-corrected chi connectivity index (χ2v) is 8.64. The number of methoxy groups -OCH3 is 1. The van der Waals surface area contributed by atoms with E-state index >= 15 is 0 Å². The summed E-state index contributed by atoms with van der Waals surface area (Å²) in [7, 11) is -2.42. The summed E-state index contributed by atoms with van der Waals surface area (Å²) in [5, 5.41) is 4.93. The van der Waals surface area contributed by atoms with E-state index in [0.29, 0.717) is 36.3 Å². The smallest absolute Gasteiger partial charge is 0.333 e. The molecule has 2 aromatic rings. The van der Waals surface area contributed by atoms with Crippen LogP contribution in [0.2, 0.25) is 0 Å². The molecule has 1 aliphatic rings. The Hall–Kier alpha value is -2.14. The van der Waals surface area contributed by atoms with E-state index in [-0.39, 0.29) is 36.1 Å². The predicted molar refractivity (Wildman–Crippen MR) is 103 cm³/mol. The summed E-state index contributed by atoms with van der Waals surface area (Å²) in [5.41, 5.74) is 1.94. The summed E-state index contributed by atoms with van der Waals surface area (Å²) in [6.07, 6.45) is 4.67. The third kappa shape index (κ3) is 5.27. The van der Waals surface area contributed by atoms with Crippen LogP contribution in [0.1, 0.15) is 46.0 Å². The average molecular weight is 423 g/mol. The average Bonchev–Trinajstić information content (AvgIpc) is 3.22. The number of hydrogen-bond donors (Lipinski definition) is 1. The number of ether oxygens (including phenoxy) is 1. The molecule has 2 heterocycles. The first-order chi connectivity index (χ1) is 13.7. The summed E-state index contributed by atoms with van der Waals surface area (Å²) in [6.45, 7) is 3.65. The standard InChI is InChI=1S/C19H25N3O6S/c1-11-4-18(28-12(11)2)19(23)15-8-21-10-22-16(15)6-13-5-14(17(7-13)26-3)9-27-29(20,24)25/h4,8,10,13-14,17H,5-7,9H2,1-3H3,(H2,20,24,25)/t13-,14+,17-/m0/s1. The normalized spacial score (nSPS) is 22.1. The Morgan fingerprint density at radius 2 is 2.10 bits per heavy atom. The fraction of sp³-hybridized carbons (Fsp3) is 0.526. The van der Waals surface area contributed by atoms with E-state index in [1.165, 1.54) is 12.5 Å². The SMILES string of the molecule is CO[C@H]1C[C@H](Cc2ncncc2C(=O)c2cc(C)c(C)o2)C[C@@H]1COS(N)(=O)=O. The van der Waals surface area contributed by atoms with E-state index in [1.807, 2.05) is 13.8 Å². The van der Waals surface area contributed by atoms with E-state index < -0.39 is 10.3 Å². The lowest BCUT2D eigenvalue weighted by Gasteiger charge is -2.16. The van der Waals surface area contributed by atoms with Gasteiger partial charge in [-0.2, -0.15) is 8.42 Å². The minimum atomic E-state index is -4.00. The molecule has 3 rings (SSSR count). The van der Waals surface area contributed by atoms with E-state index in [0.717, 1.165) is 5.56 Å². The zero-order valence-corrected chi connectivity index (χ0v) is 17.4. The predicted octanol–water partition coefficient (Wildman–Crippen LogP) is 1.72. The van der Waals surface area contributed by atoms with Crippen molar-refractivity contribution in [2.45, 2.75) is 39.2 Å². The lowest BCUT2D eigenvalue weighted by Crippen LogP contribution is -2.25. The van der Waals surface area contributed by atoms with Gasteiger partial charge in [0.25, 0.3) is 0 Å². The molecule has 0 amide bonds. The zero-order valence-electron chi connectivity index (χ0n) is 16.6. The van der Waals surface area contributed by atoms with Crippen LogP contribution >= 0.6 is 0 Å². The first-order valence-electron chi connectivity index (χ1n) is 9.28. The maximum absolute atomic E-state index is 12.9. The minimum Gasteiger partial charge on any atom is -0.458 e. The second kappa shape index (κ2) is 8.70. The van der Waals surface area contributed by atoms with Crippen molar-refractivity contribution in [3.8, 4) is 0 Å². The summed E-state index contributed by atoms with van der Waals surface area (Å²) in [4.78, 5) is 21.2. The molecule has 3 atom stereocenters. The number of rotatable bonds is 8. The molecular formula is C19H25N3O6S. The lowest BCUT2D eigenvalue weighted by atomic mass is 9.96. The highest BCUT2D eigenvalue weighted by Crippen LogP contribution is 2.36. The number of hydrogen-bond acceptors (Lipinski definition) is 8. The van der Waals surface area contributed by atoms with Gasteiger partial charge in [0.15, 0.2) is 5.76 Å². The maximum atomic E-state index is 12.9. The molecule has 1 aliphatic carbocycles. The summed E-state index contributed by atoms with van der Waals surface area (Å²) in [5.74, 6) is 0.738. The Labute approximate surface area is 169 Å². The molecule has 2 aromatic heterocycles. The lowest BCUT2D eigenvalue weighted by molar-refractivity contribution is 0.0516. The fourth-order valence-corrected chi connectivity index (χ4v) is 4.17. The molecule has 9 nitrogen and oxygen atoms in total. The molecule has 29 heavy (non-hydrogen) atoms. The number of aromatic nitrogens is 2. The number of carbonyl (C=O) groups excluding carboxylic acids is 1. The van der Waals surface area contributed by atoms with E-state index in [9.17, 15) is 13.2 Å². The fourth-order valence-electron chi connectivity index (χ4n) is 3.81. The van der Waals surface area contributed by atoms with Crippen LogP contribution in [0.15, 0.2) is 23.0 Å². The van der Waals surface area contributed by atoms with Crippen molar-refractivity contribution in [2.24, 2.45) is 17.0 Å². The molecule has 0 unspecified atom stereocenters. The van der Waals surface area contributed by atoms with E-state index in [4.69, 9.17) is 18.5 Å². The summed E-state index contributed by atoms with van der Waals surface area (Å²) >= 11 is 0. The number of furan rings is 1. The summed E-state index contributed by atoms with van der Waals surface area (Å²) in [6, 6.07) is 1.71. The number of aryl methyl sites for hydroxylation is 2. The van der Waals surface area contributed by atoms with Gasteiger partial charge in [-0.3, -0.25) is 8.98 Å². The molecule has 0 saturated heterocycles. The van der Waals surface area contributed by atoms with Gasteiger partial charge >= 0.3 is 10.3 Å². The van der Waals surface area contributed by atoms with Gasteiger partial charge in [0, 0.05) is 19.2 Å². The highest BCUT2D eigenvalue weighted by atomic mass is 32.2. The van der Waals surface area contributed by atoms with Crippen LogP contribution in [0.4, 0.5) is 0 Å². The van der Waals surface area contributed by atoms with Crippen LogP contribution in [0.5, 0.6) is 0 Å². The molecule has 1 saturated carbocycles. The van der Waals surface area contributed by atoms with Crippen molar-refractivity contribution in [1.29, 1.82) is 0 Å². The van der Waals surface area contributed by atoms with Gasteiger partial charge in [-0.25, -0.2) is 15.1 Å². The third-order valence-electron chi connectivity index (χ3n) is 5.39. The van der Waals surface area contributed by atoms with E-state index in [2.05, 4.69) is 9.97 Å². The molecular weight excluding hydrogens is 398 g/mol. The number of ketones is 1. The highest BCUT2D eigenvalue weighted by molar-refractivity contribution is 7.84. The molecule has 0 aromatic carbocycles. The molecule has 10 heteroatoms. The third-order valence-corrected chi connectivity index (χ3v) is 5.85. The van der Waals surface area contributed by atoms with Crippen LogP contribution in [-0.2, 0) is 25.6 Å². The van der Waals surface area contributed by atoms with E-state index in [1.54, 1.807) is 13.2 Å². The molecule has 2 N–H and O–H groups in total. The van der Waals surface area contributed by atoms with Crippen LogP contribution < -0.4 is 5.14 Å². The highest BCUT2D eigenvalue weighted by Gasteiger charge is 2.36. The Morgan fingerprint density at radius 3 is 2.72 bits per heavy atom. The minimum absolute atomic E-state index is 0.0334. The number of nitrogens with two attached hydrogens (primary N) is 1. The molecule has 158 valence electrons. The number of carbonyl (C=O) groups is 1. The monoisotopic (exact) mass is 423 g/mol. The van der Waals surface area contributed by atoms with Crippen LogP contribution in [0.3, 0.4) is 0 Å². The van der Waals surface area contributed by atoms with Gasteiger partial charge < -0.3 is 9.15 Å². The zero-order chi connectivity index (χ0) is 21.2. The Balaban J connectivity index is 1.74. The van der Waals surface area contributed by atoms with Crippen molar-refractivity contribution >= 4 is 16.1 Å². The van der Waals surface area contributed by atoms with Gasteiger partial charge in [-0.05, 0) is 50.7 Å². The Kier molecular flexibility index (Phi) is 6.47. The second-order valence-electron chi connectivity index (χ2n) is 7.42. The first kappa shape index (κ1) is 21.6. The molecule has 1 fully saturated rings. The van der Waals surface area contributed by atoms with Gasteiger partial charge in [-0.15, -0.1) is 0 Å². The van der Waals surface area contributed by atoms with Crippen LogP contribution in [0.25, 0.3) is 0 Å². The molecule has 0 radical (unpaired) electrons. The van der Waals surface area contributed by atoms with Gasteiger partial charge in [-0.1, -0.05) is 0 Å². The van der Waals surface area contributed by atoms with Crippen LogP contribution in [-0.4, -0.2) is 44.0 Å². The van der Waals surface area contributed by atoms with Gasteiger partial charge in [0.1, 0.15) is 12.1 Å². The maximum Gasteiger partial charge on any atom is 0.333 e. The van der Waals surface area contributed by atoms with Gasteiger partial charge in [0.05, 0.1) is 24.0 Å². The number of nitrogens with zero attached hydrogens (tertiary/aromatic N) is 2. The molecule has 0 spiro atoms. The molecule has 0 aliphatic heterocycles. The quantitative estimate of drug-likeness (QED) is 0.634. The first-order valence-corrected chi connectivity index (χ1v) is 10.8. The van der Waals surface area contributed by atoms with Crippen molar-refractivity contribution in [3.63, 3.8) is 0 Å². The Morgan fingerprint density at radius 1 is 1.34 bits per heavy atom. The Bertz CT molecular complexity index is 968. The summed E-state index contributed by atoms with van der Waals surface area (Å²) < 4.78 is 38.0. The van der Waals surface area contributed by atoms with Crippen LogP contribution in [0, 0.1) is 25.7 Å². The molecule has 0 bridgehead atoms. The van der Waals surface area contributed by atoms with Gasteiger partial charge in [0.2, 0.25) is 5.78 Å². The largest absolute Gasteiger partial charge is 0.458 e. The van der Waals surface area contributed by atoms with Crippen molar-refractivity contribution < 1.29 is 26.5 Å². The van der Waals surface area contributed by atoms with Crippen molar-refractivity contribution in [3.05, 3.63) is 46.9 Å².